The molecule has 0 radical (unpaired) electrons. The summed E-state index contributed by atoms with van der Waals surface area (Å²) in [6, 6.07) is 7.02. The normalized spacial score (nSPS) is 31.4. The zero-order valence-electron chi connectivity index (χ0n) is 22.8. The Morgan fingerprint density at radius 3 is 2.81 bits per heavy atom. The monoisotopic (exact) mass is 677 g/mol. The highest BCUT2D eigenvalue weighted by Crippen LogP contribution is 2.65. The van der Waals surface area contributed by atoms with E-state index in [1.54, 1.807) is 24.3 Å². The number of nitrogens with zero attached hydrogens (tertiary/aromatic N) is 4. The van der Waals surface area contributed by atoms with Crippen LogP contribution in [-0.4, -0.2) is 78.7 Å². The third-order valence-electron chi connectivity index (χ3n) is 7.80. The Bertz CT molecular complexity index is 1590. The van der Waals surface area contributed by atoms with Crippen molar-refractivity contribution >= 4 is 49.9 Å². The van der Waals surface area contributed by atoms with E-state index in [4.69, 9.17) is 41.5 Å². The van der Waals surface area contributed by atoms with Crippen molar-refractivity contribution in [3.8, 4) is 0 Å². The molecule has 1 aliphatic carbocycles. The van der Waals surface area contributed by atoms with Crippen LogP contribution in [0.2, 0.25) is 10.3 Å². The van der Waals surface area contributed by atoms with Crippen molar-refractivity contribution in [3.05, 3.63) is 52.0 Å². The Kier molecular flexibility index (Phi) is 8.93. The first kappa shape index (κ1) is 31.3. The summed E-state index contributed by atoms with van der Waals surface area (Å²) >= 11 is 12.2. The van der Waals surface area contributed by atoms with E-state index in [0.717, 1.165) is 25.7 Å². The van der Waals surface area contributed by atoms with Gasteiger partial charge in [0.1, 0.15) is 12.2 Å². The molecular weight excluding hydrogens is 647 g/mol. The summed E-state index contributed by atoms with van der Waals surface area (Å²) in [5.74, 6) is -0.514. The summed E-state index contributed by atoms with van der Waals surface area (Å²) in [5, 5.41) is 30.5. The lowest BCUT2D eigenvalue weighted by Gasteiger charge is -2.31. The first-order valence-corrected chi connectivity index (χ1v) is 18.0. The van der Waals surface area contributed by atoms with Crippen LogP contribution in [0, 0.1) is 0 Å². The number of aromatic nitrogens is 4. The van der Waals surface area contributed by atoms with Crippen LogP contribution >= 0.6 is 38.4 Å². The summed E-state index contributed by atoms with van der Waals surface area (Å²) in [6.07, 6.45) is 2.38. The van der Waals surface area contributed by atoms with Crippen molar-refractivity contribution in [2.24, 2.45) is 0 Å². The molecule has 43 heavy (non-hydrogen) atoms. The average molecular weight is 678 g/mol. The van der Waals surface area contributed by atoms with Crippen LogP contribution in [0.25, 0.3) is 5.65 Å². The number of imidazole rings is 1. The number of nitrogens with one attached hydrogen (secondary N) is 1. The van der Waals surface area contributed by atoms with E-state index in [-0.39, 0.29) is 23.6 Å². The van der Waals surface area contributed by atoms with Gasteiger partial charge in [-0.05, 0) is 42.1 Å². The molecule has 4 N–H and O–H groups in total. The van der Waals surface area contributed by atoms with Crippen LogP contribution in [0.15, 0.2) is 30.5 Å². The number of hydrogen-bond acceptors (Lipinski definition) is 12. The van der Waals surface area contributed by atoms with Gasteiger partial charge in [0.05, 0.1) is 37.8 Å². The van der Waals surface area contributed by atoms with Crippen molar-refractivity contribution < 1.29 is 42.5 Å². The third-order valence-corrected chi connectivity index (χ3v) is 12.7. The van der Waals surface area contributed by atoms with Crippen LogP contribution in [0.1, 0.15) is 49.5 Å². The van der Waals surface area contributed by atoms with Gasteiger partial charge in [0, 0.05) is 17.5 Å². The van der Waals surface area contributed by atoms with Crippen LogP contribution in [-0.2, 0) is 33.0 Å². The van der Waals surface area contributed by atoms with Crippen molar-refractivity contribution in [2.75, 3.05) is 31.0 Å². The minimum atomic E-state index is -4.58. The molecule has 3 fully saturated rings. The molecular formula is C25H31Cl2N5O9P2. The van der Waals surface area contributed by atoms with E-state index in [9.17, 15) is 24.2 Å². The molecule has 0 spiro atoms. The van der Waals surface area contributed by atoms with Gasteiger partial charge in [0.2, 0.25) is 5.28 Å². The van der Waals surface area contributed by atoms with E-state index in [1.807, 2.05) is 0 Å². The van der Waals surface area contributed by atoms with Gasteiger partial charge in [-0.15, -0.1) is 5.10 Å². The first-order chi connectivity index (χ1) is 20.4. The van der Waals surface area contributed by atoms with Gasteiger partial charge in [-0.1, -0.05) is 36.6 Å². The second kappa shape index (κ2) is 12.3. The number of aliphatic hydroxyl groups is 2. The number of anilines is 1. The lowest BCUT2D eigenvalue weighted by atomic mass is 9.93. The Labute approximate surface area is 256 Å². The van der Waals surface area contributed by atoms with E-state index >= 15 is 0 Å². The number of hydrogen-bond donors (Lipinski definition) is 4. The van der Waals surface area contributed by atoms with Gasteiger partial charge in [0.15, 0.2) is 23.0 Å². The fourth-order valence-electron chi connectivity index (χ4n) is 5.63. The highest BCUT2D eigenvalue weighted by Gasteiger charge is 2.52. The minimum Gasteiger partial charge on any atom is -0.387 e. The molecule has 0 amide bonds. The first-order valence-electron chi connectivity index (χ1n) is 13.8. The average Bonchev–Trinajstić information content (AvgIpc) is 3.68. The second-order valence-electron chi connectivity index (χ2n) is 10.9. The predicted octanol–water partition coefficient (Wildman–Crippen LogP) is 4.26. The molecule has 1 saturated carbocycles. The lowest BCUT2D eigenvalue weighted by Crippen LogP contribution is -2.43. The van der Waals surface area contributed by atoms with Crippen LogP contribution in [0.4, 0.5) is 5.82 Å². The number of fused-ring (bicyclic) bond motifs is 1. The fraction of sp³-hybridized carbons (Fsp3) is 0.560. The summed E-state index contributed by atoms with van der Waals surface area (Å²) < 4.78 is 49.2. The number of benzene rings is 1. The minimum absolute atomic E-state index is 0.0384. The van der Waals surface area contributed by atoms with E-state index < -0.39 is 58.2 Å². The summed E-state index contributed by atoms with van der Waals surface area (Å²) in [6.45, 7) is -0.961. The lowest BCUT2D eigenvalue weighted by molar-refractivity contribution is -0.0624. The van der Waals surface area contributed by atoms with E-state index in [1.165, 1.54) is 10.7 Å². The molecule has 2 aliphatic heterocycles. The maximum absolute atomic E-state index is 13.3. The van der Waals surface area contributed by atoms with E-state index in [0.29, 0.717) is 28.5 Å². The Morgan fingerprint density at radius 2 is 2.05 bits per heavy atom. The molecule has 234 valence electrons. The fourth-order valence-corrected chi connectivity index (χ4v) is 10.1. The molecule has 3 aromatic rings. The quantitative estimate of drug-likeness (QED) is 0.236. The zero-order valence-corrected chi connectivity index (χ0v) is 26.1. The van der Waals surface area contributed by atoms with Crippen LogP contribution in [0.5, 0.6) is 0 Å². The number of ether oxygens (including phenoxy) is 1. The number of halogens is 2. The highest BCUT2D eigenvalue weighted by molar-refractivity contribution is 7.71. The molecule has 3 aliphatic rings. The van der Waals surface area contributed by atoms with E-state index in [2.05, 4.69) is 20.4 Å². The Balaban J connectivity index is 1.12. The van der Waals surface area contributed by atoms with Gasteiger partial charge in [0.25, 0.3) is 0 Å². The third kappa shape index (κ3) is 6.66. The van der Waals surface area contributed by atoms with Crippen LogP contribution in [0.3, 0.4) is 0 Å². The number of rotatable bonds is 9. The van der Waals surface area contributed by atoms with Crippen molar-refractivity contribution in [1.29, 1.82) is 0 Å². The van der Waals surface area contributed by atoms with Crippen molar-refractivity contribution in [1.82, 2.24) is 19.6 Å². The smallest absolute Gasteiger partial charge is 0.343 e. The molecule has 2 aromatic heterocycles. The van der Waals surface area contributed by atoms with Gasteiger partial charge in [-0.3, -0.25) is 13.7 Å². The molecule has 6 rings (SSSR count). The molecule has 4 unspecified atom stereocenters. The van der Waals surface area contributed by atoms with Gasteiger partial charge >= 0.3 is 15.2 Å². The molecule has 18 heteroatoms. The second-order valence-corrected chi connectivity index (χ2v) is 16.0. The zero-order chi connectivity index (χ0) is 30.4. The highest BCUT2D eigenvalue weighted by atomic mass is 35.5. The SMILES string of the molecule is O=P(O)(CP1(=O)OCC[C@@H](c2cccc(Cl)c2)O1)OC[C@H]1OCC(O)(c2cnc3c(NC4CCCC4)nc(Cl)nn23)C1O. The summed E-state index contributed by atoms with van der Waals surface area (Å²) in [4.78, 5) is 19.1. The van der Waals surface area contributed by atoms with Crippen LogP contribution < -0.4 is 5.32 Å². The van der Waals surface area contributed by atoms with Gasteiger partial charge in [-0.2, -0.15) is 4.98 Å². The topological polar surface area (TPSA) is 187 Å². The van der Waals surface area contributed by atoms with Crippen molar-refractivity contribution in [2.45, 2.75) is 62.1 Å². The van der Waals surface area contributed by atoms with Gasteiger partial charge < -0.3 is 34.2 Å². The van der Waals surface area contributed by atoms with Crippen molar-refractivity contribution in [3.63, 3.8) is 0 Å². The number of aliphatic hydroxyl groups excluding tert-OH is 1. The molecule has 1 aromatic carbocycles. The predicted molar refractivity (Wildman–Crippen MR) is 155 cm³/mol. The summed E-state index contributed by atoms with van der Waals surface area (Å²) in [7, 11) is -8.62. The molecule has 6 atom stereocenters. The Hall–Kier alpha value is -1.67. The standard InChI is InChI=1S/C25H31Cl2N5O9P2/c26-16-5-3-4-15(10-16)18-8-9-39-43(37,41-18)14-42(35,36)40-12-19-21(33)25(34,13-38-19)20-11-28-23-22(29-17-6-1-2-7-17)30-24(27)31-32(20)23/h3-5,10-11,17-19,21,33-34H,1-2,6-9,12-14H2,(H,35,36)(H,29,30,31)/t18-,19+,21?,25?,43?/m0/s1. The molecule has 2 saturated heterocycles. The molecule has 0 bridgehead atoms. The molecule has 14 nitrogen and oxygen atoms in total. The molecule has 4 heterocycles. The summed E-state index contributed by atoms with van der Waals surface area (Å²) in [5.41, 5.74) is -0.961. The Morgan fingerprint density at radius 1 is 1.26 bits per heavy atom. The maximum atomic E-state index is 13.3. The van der Waals surface area contributed by atoms with Gasteiger partial charge in [-0.25, -0.2) is 9.50 Å². The maximum Gasteiger partial charge on any atom is 0.343 e. The largest absolute Gasteiger partial charge is 0.387 e.